The molecule has 0 bridgehead atoms. The molecule has 27 heavy (non-hydrogen) atoms. The number of aliphatic imine (C=N–C) groups is 1. The molecule has 6 nitrogen and oxygen atoms in total. The van der Waals surface area contributed by atoms with E-state index in [1.54, 1.807) is 19.1 Å². The molecule has 1 saturated heterocycles. The van der Waals surface area contributed by atoms with Gasteiger partial charge in [-0.3, -0.25) is 9.79 Å². The Morgan fingerprint density at radius 2 is 1.89 bits per heavy atom. The van der Waals surface area contributed by atoms with Crippen molar-refractivity contribution in [2.24, 2.45) is 4.99 Å². The number of rotatable bonds is 8. The fourth-order valence-electron chi connectivity index (χ4n) is 3.02. The van der Waals surface area contributed by atoms with Gasteiger partial charge in [0.1, 0.15) is 5.82 Å². The summed E-state index contributed by atoms with van der Waals surface area (Å²) in [7, 11) is 0. The number of hydrogen-bond donors (Lipinski definition) is 3. The van der Waals surface area contributed by atoms with Crippen molar-refractivity contribution >= 4 is 11.9 Å². The number of piperidine rings is 1. The highest BCUT2D eigenvalue weighted by atomic mass is 19.1. The summed E-state index contributed by atoms with van der Waals surface area (Å²) < 4.78 is 13.6. The Kier molecular flexibility index (Phi) is 9.04. The number of aryl methyl sites for hydroxylation is 1. The van der Waals surface area contributed by atoms with E-state index in [1.807, 2.05) is 6.92 Å². The largest absolute Gasteiger partial charge is 0.357 e. The van der Waals surface area contributed by atoms with E-state index in [2.05, 4.69) is 25.8 Å². The van der Waals surface area contributed by atoms with Crippen molar-refractivity contribution in [3.8, 4) is 0 Å². The van der Waals surface area contributed by atoms with Gasteiger partial charge in [0, 0.05) is 31.7 Å². The lowest BCUT2D eigenvalue weighted by atomic mass is 10.1. The molecule has 0 saturated carbocycles. The van der Waals surface area contributed by atoms with Crippen molar-refractivity contribution < 1.29 is 9.18 Å². The summed E-state index contributed by atoms with van der Waals surface area (Å²) >= 11 is 0. The Morgan fingerprint density at radius 3 is 2.59 bits per heavy atom. The first kappa shape index (κ1) is 21.2. The fraction of sp³-hybridized carbons (Fsp3) is 0.600. The van der Waals surface area contributed by atoms with Crippen molar-refractivity contribution in [3.63, 3.8) is 0 Å². The number of nitrogens with one attached hydrogen (secondary N) is 3. The van der Waals surface area contributed by atoms with Crippen molar-refractivity contribution in [3.05, 3.63) is 35.1 Å². The quantitative estimate of drug-likeness (QED) is 0.368. The first-order valence-corrected chi connectivity index (χ1v) is 9.89. The number of amides is 1. The minimum Gasteiger partial charge on any atom is -0.357 e. The zero-order valence-electron chi connectivity index (χ0n) is 16.5. The zero-order chi connectivity index (χ0) is 19.5. The summed E-state index contributed by atoms with van der Waals surface area (Å²) in [6.07, 6.45) is 3.91. The van der Waals surface area contributed by atoms with Crippen LogP contribution in [-0.2, 0) is 0 Å². The van der Waals surface area contributed by atoms with Crippen LogP contribution >= 0.6 is 0 Å². The number of guanidine groups is 1. The molecule has 0 radical (unpaired) electrons. The molecular weight excluding hydrogens is 345 g/mol. The third kappa shape index (κ3) is 7.54. The van der Waals surface area contributed by atoms with Crippen LogP contribution in [0.2, 0.25) is 0 Å². The molecule has 7 heteroatoms. The fourth-order valence-corrected chi connectivity index (χ4v) is 3.02. The van der Waals surface area contributed by atoms with E-state index in [1.165, 1.54) is 38.4 Å². The number of carbonyl (C=O) groups excluding carboxylic acids is 1. The number of carbonyl (C=O) groups is 1. The SMILES string of the molecule is CCNC(=NCCN1CCCCC1)NCCNC(=O)c1ccc(C)c(F)c1. The van der Waals surface area contributed by atoms with E-state index >= 15 is 0 Å². The molecule has 1 aromatic carbocycles. The van der Waals surface area contributed by atoms with Crippen LogP contribution in [0.4, 0.5) is 4.39 Å². The lowest BCUT2D eigenvalue weighted by molar-refractivity contribution is 0.0954. The molecule has 1 amide bonds. The topological polar surface area (TPSA) is 68.8 Å². The van der Waals surface area contributed by atoms with Gasteiger partial charge in [-0.05, 0) is 57.5 Å². The average molecular weight is 378 g/mol. The molecular formula is C20H32FN5O. The maximum Gasteiger partial charge on any atom is 0.251 e. The van der Waals surface area contributed by atoms with Crippen molar-refractivity contribution in [1.82, 2.24) is 20.9 Å². The normalized spacial score (nSPS) is 15.4. The molecule has 2 rings (SSSR count). The van der Waals surface area contributed by atoms with Gasteiger partial charge in [0.25, 0.3) is 5.91 Å². The van der Waals surface area contributed by atoms with E-state index in [-0.39, 0.29) is 11.7 Å². The maximum absolute atomic E-state index is 13.6. The standard InChI is InChI=1S/C20H32FN5O/c1-3-22-20(25-11-14-26-12-5-4-6-13-26)24-10-9-23-19(27)17-8-7-16(2)18(21)15-17/h7-8,15H,3-6,9-14H2,1-2H3,(H,23,27)(H2,22,24,25). The second-order valence-electron chi connectivity index (χ2n) is 6.81. The zero-order valence-corrected chi connectivity index (χ0v) is 16.5. The summed E-state index contributed by atoms with van der Waals surface area (Å²) in [4.78, 5) is 19.1. The Bertz CT molecular complexity index is 629. The molecule has 3 N–H and O–H groups in total. The lowest BCUT2D eigenvalue weighted by Gasteiger charge is -2.25. The highest BCUT2D eigenvalue weighted by molar-refractivity contribution is 5.94. The van der Waals surface area contributed by atoms with Crippen LogP contribution < -0.4 is 16.0 Å². The van der Waals surface area contributed by atoms with Crippen molar-refractivity contribution in [1.29, 1.82) is 0 Å². The smallest absolute Gasteiger partial charge is 0.251 e. The predicted octanol–water partition coefficient (Wildman–Crippen LogP) is 1.90. The monoisotopic (exact) mass is 377 g/mol. The molecule has 0 aliphatic carbocycles. The van der Waals surface area contributed by atoms with Gasteiger partial charge in [-0.25, -0.2) is 4.39 Å². The Balaban J connectivity index is 1.70. The first-order chi connectivity index (χ1) is 13.1. The molecule has 1 aliphatic rings. The predicted molar refractivity (Wildman–Crippen MR) is 108 cm³/mol. The molecule has 1 heterocycles. The molecule has 150 valence electrons. The summed E-state index contributed by atoms with van der Waals surface area (Å²) in [5.74, 6) is 0.115. The van der Waals surface area contributed by atoms with Gasteiger partial charge in [-0.1, -0.05) is 12.5 Å². The summed E-state index contributed by atoms with van der Waals surface area (Å²) in [5.41, 5.74) is 0.865. The van der Waals surface area contributed by atoms with Crippen LogP contribution in [0.3, 0.4) is 0 Å². The average Bonchev–Trinajstić information content (AvgIpc) is 2.68. The maximum atomic E-state index is 13.6. The number of likely N-dealkylation sites (tertiary alicyclic amines) is 1. The Labute approximate surface area is 161 Å². The van der Waals surface area contributed by atoms with E-state index in [9.17, 15) is 9.18 Å². The minimum absolute atomic E-state index is 0.275. The summed E-state index contributed by atoms with van der Waals surface area (Å²) in [6.45, 7) is 9.54. The molecule has 1 aliphatic heterocycles. The van der Waals surface area contributed by atoms with Crippen LogP contribution in [0.5, 0.6) is 0 Å². The van der Waals surface area contributed by atoms with Crippen LogP contribution in [-0.4, -0.2) is 62.6 Å². The molecule has 1 aromatic rings. The van der Waals surface area contributed by atoms with Crippen molar-refractivity contribution in [2.45, 2.75) is 33.1 Å². The summed E-state index contributed by atoms with van der Waals surface area (Å²) in [5, 5.41) is 9.22. The lowest BCUT2D eigenvalue weighted by Crippen LogP contribution is -2.42. The second kappa shape index (κ2) is 11.5. The van der Waals surface area contributed by atoms with E-state index in [0.29, 0.717) is 24.2 Å². The molecule has 0 spiro atoms. The number of halogens is 1. The highest BCUT2D eigenvalue weighted by Gasteiger charge is 2.09. The van der Waals surface area contributed by atoms with Gasteiger partial charge in [-0.15, -0.1) is 0 Å². The third-order valence-electron chi connectivity index (χ3n) is 4.62. The van der Waals surface area contributed by atoms with Crippen LogP contribution in [0.15, 0.2) is 23.2 Å². The Hall–Kier alpha value is -2.15. The van der Waals surface area contributed by atoms with Gasteiger partial charge in [0.15, 0.2) is 5.96 Å². The Morgan fingerprint density at radius 1 is 1.15 bits per heavy atom. The van der Waals surface area contributed by atoms with Gasteiger partial charge < -0.3 is 20.9 Å². The van der Waals surface area contributed by atoms with Gasteiger partial charge >= 0.3 is 0 Å². The van der Waals surface area contributed by atoms with Crippen molar-refractivity contribution in [2.75, 3.05) is 45.8 Å². The number of hydrogen-bond acceptors (Lipinski definition) is 3. The highest BCUT2D eigenvalue weighted by Crippen LogP contribution is 2.09. The van der Waals surface area contributed by atoms with E-state index in [0.717, 1.165) is 25.6 Å². The third-order valence-corrected chi connectivity index (χ3v) is 4.62. The molecule has 1 fully saturated rings. The number of nitrogens with zero attached hydrogens (tertiary/aromatic N) is 2. The van der Waals surface area contributed by atoms with Crippen LogP contribution in [0.25, 0.3) is 0 Å². The van der Waals surface area contributed by atoms with Crippen LogP contribution in [0, 0.1) is 12.7 Å². The molecule has 0 unspecified atom stereocenters. The molecule has 0 aromatic heterocycles. The second-order valence-corrected chi connectivity index (χ2v) is 6.81. The summed E-state index contributed by atoms with van der Waals surface area (Å²) in [6, 6.07) is 4.51. The van der Waals surface area contributed by atoms with Gasteiger partial charge in [-0.2, -0.15) is 0 Å². The minimum atomic E-state index is -0.365. The molecule has 0 atom stereocenters. The van der Waals surface area contributed by atoms with E-state index < -0.39 is 0 Å². The van der Waals surface area contributed by atoms with Gasteiger partial charge in [0.05, 0.1) is 6.54 Å². The van der Waals surface area contributed by atoms with Gasteiger partial charge in [0.2, 0.25) is 0 Å². The number of benzene rings is 1. The van der Waals surface area contributed by atoms with E-state index in [4.69, 9.17) is 0 Å². The first-order valence-electron chi connectivity index (χ1n) is 9.89. The van der Waals surface area contributed by atoms with Crippen LogP contribution in [0.1, 0.15) is 42.1 Å².